The summed E-state index contributed by atoms with van der Waals surface area (Å²) in [7, 11) is 1.69. The van der Waals surface area contributed by atoms with E-state index >= 15 is 0 Å². The van der Waals surface area contributed by atoms with Gasteiger partial charge >= 0.3 is 0 Å². The molecule has 2 N–H and O–H groups in total. The first-order valence-electron chi connectivity index (χ1n) is 7.32. The SMILES string of the molecule is COc1ccc(CC(CN)CCSc2ccccc2)cc1. The Labute approximate surface area is 131 Å². The van der Waals surface area contributed by atoms with Gasteiger partial charge in [-0.2, -0.15) is 0 Å². The molecule has 0 spiro atoms. The third kappa shape index (κ3) is 5.44. The van der Waals surface area contributed by atoms with Crippen LogP contribution in [-0.4, -0.2) is 19.4 Å². The summed E-state index contributed by atoms with van der Waals surface area (Å²) in [5.74, 6) is 2.56. The monoisotopic (exact) mass is 301 g/mol. The Morgan fingerprint density at radius 3 is 2.38 bits per heavy atom. The molecule has 2 aromatic carbocycles. The molecule has 2 rings (SSSR count). The van der Waals surface area contributed by atoms with Crippen LogP contribution >= 0.6 is 11.8 Å². The quantitative estimate of drug-likeness (QED) is 0.749. The van der Waals surface area contributed by atoms with E-state index in [0.29, 0.717) is 5.92 Å². The fraction of sp³-hybridized carbons (Fsp3) is 0.333. The number of benzene rings is 2. The van der Waals surface area contributed by atoms with Crippen molar-refractivity contribution in [2.45, 2.75) is 17.7 Å². The number of rotatable bonds is 8. The van der Waals surface area contributed by atoms with Crippen LogP contribution in [0.3, 0.4) is 0 Å². The summed E-state index contributed by atoms with van der Waals surface area (Å²) < 4.78 is 5.19. The molecule has 0 amide bonds. The highest BCUT2D eigenvalue weighted by Gasteiger charge is 2.08. The van der Waals surface area contributed by atoms with Crippen molar-refractivity contribution in [2.24, 2.45) is 11.7 Å². The van der Waals surface area contributed by atoms with Crippen molar-refractivity contribution in [3.8, 4) is 5.75 Å². The van der Waals surface area contributed by atoms with E-state index in [1.54, 1.807) is 7.11 Å². The van der Waals surface area contributed by atoms with Gasteiger partial charge in [0.25, 0.3) is 0 Å². The van der Waals surface area contributed by atoms with Crippen molar-refractivity contribution in [3.05, 3.63) is 60.2 Å². The Hall–Kier alpha value is -1.45. The van der Waals surface area contributed by atoms with Crippen molar-refractivity contribution in [1.29, 1.82) is 0 Å². The molecule has 0 radical (unpaired) electrons. The Balaban J connectivity index is 1.79. The summed E-state index contributed by atoms with van der Waals surface area (Å²) in [5.41, 5.74) is 7.25. The minimum Gasteiger partial charge on any atom is -0.497 e. The van der Waals surface area contributed by atoms with E-state index < -0.39 is 0 Å². The van der Waals surface area contributed by atoms with E-state index in [-0.39, 0.29) is 0 Å². The van der Waals surface area contributed by atoms with Crippen LogP contribution in [0.25, 0.3) is 0 Å². The van der Waals surface area contributed by atoms with Crippen LogP contribution in [0.4, 0.5) is 0 Å². The fourth-order valence-corrected chi connectivity index (χ4v) is 3.29. The predicted octanol–water partition coefficient (Wildman–Crippen LogP) is 4.00. The first kappa shape index (κ1) is 15.9. The summed E-state index contributed by atoms with van der Waals surface area (Å²) in [6, 6.07) is 18.8. The molecule has 0 heterocycles. The Morgan fingerprint density at radius 2 is 1.76 bits per heavy atom. The Bertz CT molecular complexity index is 513. The third-order valence-corrected chi connectivity index (χ3v) is 4.60. The molecule has 0 saturated heterocycles. The van der Waals surface area contributed by atoms with Gasteiger partial charge < -0.3 is 10.5 Å². The maximum Gasteiger partial charge on any atom is 0.118 e. The van der Waals surface area contributed by atoms with Gasteiger partial charge in [0.1, 0.15) is 5.75 Å². The van der Waals surface area contributed by atoms with E-state index in [4.69, 9.17) is 10.5 Å². The first-order valence-corrected chi connectivity index (χ1v) is 8.31. The molecule has 3 heteroatoms. The van der Waals surface area contributed by atoms with Gasteiger partial charge in [-0.05, 0) is 60.9 Å². The lowest BCUT2D eigenvalue weighted by Gasteiger charge is -2.15. The summed E-state index contributed by atoms with van der Waals surface area (Å²) in [4.78, 5) is 1.33. The molecular weight excluding hydrogens is 278 g/mol. The summed E-state index contributed by atoms with van der Waals surface area (Å²) in [6.45, 7) is 0.737. The van der Waals surface area contributed by atoms with Crippen molar-refractivity contribution in [2.75, 3.05) is 19.4 Å². The Morgan fingerprint density at radius 1 is 1.05 bits per heavy atom. The molecule has 0 fully saturated rings. The topological polar surface area (TPSA) is 35.2 Å². The average molecular weight is 301 g/mol. The highest BCUT2D eigenvalue weighted by Crippen LogP contribution is 2.22. The Kier molecular flexibility index (Phi) is 6.64. The zero-order valence-corrected chi connectivity index (χ0v) is 13.3. The van der Waals surface area contributed by atoms with E-state index in [9.17, 15) is 0 Å². The number of ether oxygens (including phenoxy) is 1. The minimum atomic E-state index is 0.537. The number of hydrogen-bond acceptors (Lipinski definition) is 3. The first-order chi connectivity index (χ1) is 10.3. The predicted molar refractivity (Wildman–Crippen MR) is 91.0 cm³/mol. The van der Waals surface area contributed by atoms with E-state index in [2.05, 4.69) is 42.5 Å². The molecule has 0 aliphatic carbocycles. The molecule has 112 valence electrons. The van der Waals surface area contributed by atoms with Crippen molar-refractivity contribution >= 4 is 11.8 Å². The fourth-order valence-electron chi connectivity index (χ4n) is 2.26. The highest BCUT2D eigenvalue weighted by molar-refractivity contribution is 7.99. The zero-order chi connectivity index (χ0) is 14.9. The van der Waals surface area contributed by atoms with Crippen molar-refractivity contribution in [1.82, 2.24) is 0 Å². The van der Waals surface area contributed by atoms with Gasteiger partial charge in [0, 0.05) is 4.90 Å². The van der Waals surface area contributed by atoms with Gasteiger partial charge in [0.05, 0.1) is 7.11 Å². The minimum absolute atomic E-state index is 0.537. The highest BCUT2D eigenvalue weighted by atomic mass is 32.2. The van der Waals surface area contributed by atoms with Gasteiger partial charge in [0.2, 0.25) is 0 Å². The lowest BCUT2D eigenvalue weighted by atomic mass is 9.97. The standard InChI is InChI=1S/C18H23NOS/c1-20-17-9-7-15(8-10-17)13-16(14-19)11-12-21-18-5-3-2-4-6-18/h2-10,16H,11-14,19H2,1H3. The second kappa shape index (κ2) is 8.75. The number of thioether (sulfide) groups is 1. The van der Waals surface area contributed by atoms with Crippen LogP contribution in [0.2, 0.25) is 0 Å². The molecule has 0 aliphatic heterocycles. The smallest absolute Gasteiger partial charge is 0.118 e. The van der Waals surface area contributed by atoms with Gasteiger partial charge in [-0.25, -0.2) is 0 Å². The molecule has 1 atom stereocenters. The van der Waals surface area contributed by atoms with Crippen molar-refractivity contribution < 1.29 is 4.74 Å². The van der Waals surface area contributed by atoms with Crippen LogP contribution < -0.4 is 10.5 Å². The van der Waals surface area contributed by atoms with E-state index in [0.717, 1.165) is 30.9 Å². The summed E-state index contributed by atoms with van der Waals surface area (Å²) in [5, 5.41) is 0. The molecule has 0 bridgehead atoms. The van der Waals surface area contributed by atoms with Crippen LogP contribution in [0.5, 0.6) is 5.75 Å². The molecule has 1 unspecified atom stereocenters. The van der Waals surface area contributed by atoms with Gasteiger partial charge in [-0.3, -0.25) is 0 Å². The van der Waals surface area contributed by atoms with Gasteiger partial charge in [-0.15, -0.1) is 11.8 Å². The van der Waals surface area contributed by atoms with Crippen LogP contribution in [0, 0.1) is 5.92 Å². The van der Waals surface area contributed by atoms with Gasteiger partial charge in [0.15, 0.2) is 0 Å². The molecule has 0 aliphatic rings. The van der Waals surface area contributed by atoms with Gasteiger partial charge in [-0.1, -0.05) is 30.3 Å². The van der Waals surface area contributed by atoms with E-state index in [1.807, 2.05) is 23.9 Å². The summed E-state index contributed by atoms with van der Waals surface area (Å²) >= 11 is 1.91. The molecule has 2 nitrogen and oxygen atoms in total. The van der Waals surface area contributed by atoms with Crippen LogP contribution in [0.1, 0.15) is 12.0 Å². The lowest BCUT2D eigenvalue weighted by molar-refractivity contribution is 0.414. The maximum absolute atomic E-state index is 5.92. The number of methoxy groups -OCH3 is 1. The third-order valence-electron chi connectivity index (χ3n) is 3.55. The largest absolute Gasteiger partial charge is 0.497 e. The molecule has 0 saturated carbocycles. The second-order valence-corrected chi connectivity index (χ2v) is 6.27. The number of hydrogen-bond donors (Lipinski definition) is 1. The molecule has 0 aromatic heterocycles. The molecule has 21 heavy (non-hydrogen) atoms. The van der Waals surface area contributed by atoms with Crippen molar-refractivity contribution in [3.63, 3.8) is 0 Å². The van der Waals surface area contributed by atoms with Crippen LogP contribution in [0.15, 0.2) is 59.5 Å². The lowest BCUT2D eigenvalue weighted by Crippen LogP contribution is -2.17. The normalized spacial score (nSPS) is 12.1. The second-order valence-electron chi connectivity index (χ2n) is 5.10. The van der Waals surface area contributed by atoms with E-state index in [1.165, 1.54) is 10.5 Å². The van der Waals surface area contributed by atoms with Crippen LogP contribution in [-0.2, 0) is 6.42 Å². The molecule has 2 aromatic rings. The summed E-state index contributed by atoms with van der Waals surface area (Å²) in [6.07, 6.45) is 2.18. The maximum atomic E-state index is 5.92. The average Bonchev–Trinajstić information content (AvgIpc) is 2.55. The zero-order valence-electron chi connectivity index (χ0n) is 12.5. The number of nitrogens with two attached hydrogens (primary N) is 1. The molecular formula is C18H23NOS.